The first-order valence-electron chi connectivity index (χ1n) is 4.61. The Kier molecular flexibility index (Phi) is 3.12. The van der Waals surface area contributed by atoms with E-state index in [1.54, 1.807) is 0 Å². The van der Waals surface area contributed by atoms with Crippen molar-refractivity contribution >= 4 is 11.6 Å². The molecule has 1 rings (SSSR count). The second-order valence-corrected chi connectivity index (χ2v) is 4.02. The molecule has 1 aromatic carbocycles. The maximum Gasteiger partial charge on any atom is 0.219 e. The van der Waals surface area contributed by atoms with E-state index in [1.807, 2.05) is 44.2 Å². The number of benzene rings is 1. The van der Waals surface area contributed by atoms with Crippen LogP contribution in [-0.4, -0.2) is 11.4 Å². The largest absolute Gasteiger partial charge is 0.380 e. The Morgan fingerprint density at radius 2 is 1.93 bits per heavy atom. The molecule has 0 aliphatic rings. The fraction of sp³-hybridized carbons (Fsp3) is 0.364. The van der Waals surface area contributed by atoms with E-state index in [0.717, 1.165) is 5.69 Å². The molecular formula is C11H16N2O. The molecule has 1 aromatic rings. The molecule has 76 valence electrons. The lowest BCUT2D eigenvalue weighted by atomic mass is 10.00. The van der Waals surface area contributed by atoms with Crippen LogP contribution in [0.2, 0.25) is 0 Å². The molecule has 0 spiro atoms. The fourth-order valence-corrected chi connectivity index (χ4v) is 1.39. The van der Waals surface area contributed by atoms with Gasteiger partial charge >= 0.3 is 0 Å². The lowest BCUT2D eigenvalue weighted by Gasteiger charge is -2.26. The van der Waals surface area contributed by atoms with Crippen LogP contribution in [-0.2, 0) is 4.79 Å². The molecular weight excluding hydrogens is 176 g/mol. The molecule has 0 aromatic heterocycles. The summed E-state index contributed by atoms with van der Waals surface area (Å²) in [5.41, 5.74) is 5.85. The highest BCUT2D eigenvalue weighted by molar-refractivity contribution is 5.75. The topological polar surface area (TPSA) is 55.1 Å². The highest BCUT2D eigenvalue weighted by Gasteiger charge is 2.19. The lowest BCUT2D eigenvalue weighted by molar-refractivity contribution is -0.118. The van der Waals surface area contributed by atoms with E-state index in [4.69, 9.17) is 5.73 Å². The molecule has 14 heavy (non-hydrogen) atoms. The van der Waals surface area contributed by atoms with E-state index < -0.39 is 0 Å². The summed E-state index contributed by atoms with van der Waals surface area (Å²) in [4.78, 5) is 10.8. The molecule has 0 unspecified atom stereocenters. The summed E-state index contributed by atoms with van der Waals surface area (Å²) in [5.74, 6) is -0.293. The average molecular weight is 192 g/mol. The van der Waals surface area contributed by atoms with Gasteiger partial charge in [-0.05, 0) is 26.0 Å². The van der Waals surface area contributed by atoms with E-state index >= 15 is 0 Å². The van der Waals surface area contributed by atoms with Gasteiger partial charge in [0.1, 0.15) is 0 Å². The standard InChI is InChI=1S/C11H16N2O/c1-11(2,8-10(12)14)13-9-6-4-3-5-7-9/h3-7,13H,8H2,1-2H3,(H2,12,14). The molecule has 0 aliphatic heterocycles. The van der Waals surface area contributed by atoms with Crippen LogP contribution < -0.4 is 11.1 Å². The molecule has 0 saturated carbocycles. The molecule has 0 radical (unpaired) electrons. The Morgan fingerprint density at radius 1 is 1.36 bits per heavy atom. The molecule has 3 nitrogen and oxygen atoms in total. The summed E-state index contributed by atoms with van der Waals surface area (Å²) in [6, 6.07) is 9.77. The van der Waals surface area contributed by atoms with Gasteiger partial charge in [0.25, 0.3) is 0 Å². The van der Waals surface area contributed by atoms with Gasteiger partial charge < -0.3 is 11.1 Å². The van der Waals surface area contributed by atoms with Crippen LogP contribution in [0.1, 0.15) is 20.3 Å². The zero-order chi connectivity index (χ0) is 10.6. The van der Waals surface area contributed by atoms with Gasteiger partial charge in [0.15, 0.2) is 0 Å². The van der Waals surface area contributed by atoms with Gasteiger partial charge in [-0.2, -0.15) is 0 Å². The van der Waals surface area contributed by atoms with Crippen LogP contribution >= 0.6 is 0 Å². The first-order valence-corrected chi connectivity index (χ1v) is 4.61. The van der Waals surface area contributed by atoms with E-state index in [-0.39, 0.29) is 11.4 Å². The normalized spacial score (nSPS) is 11.0. The zero-order valence-electron chi connectivity index (χ0n) is 8.58. The van der Waals surface area contributed by atoms with Crippen molar-refractivity contribution in [3.63, 3.8) is 0 Å². The van der Waals surface area contributed by atoms with Crippen molar-refractivity contribution in [3.8, 4) is 0 Å². The van der Waals surface area contributed by atoms with Gasteiger partial charge in [0.2, 0.25) is 5.91 Å². The van der Waals surface area contributed by atoms with E-state index in [2.05, 4.69) is 5.32 Å². The smallest absolute Gasteiger partial charge is 0.219 e. The van der Waals surface area contributed by atoms with Crippen LogP contribution in [0, 0.1) is 0 Å². The van der Waals surface area contributed by atoms with Crippen LogP contribution in [0.4, 0.5) is 5.69 Å². The average Bonchev–Trinajstić information content (AvgIpc) is 2.02. The van der Waals surface area contributed by atoms with Gasteiger partial charge in [-0.25, -0.2) is 0 Å². The van der Waals surface area contributed by atoms with E-state index in [9.17, 15) is 4.79 Å². The summed E-state index contributed by atoms with van der Waals surface area (Å²) in [6.45, 7) is 3.90. The van der Waals surface area contributed by atoms with Crippen molar-refractivity contribution in [1.29, 1.82) is 0 Å². The highest BCUT2D eigenvalue weighted by Crippen LogP contribution is 2.16. The molecule has 3 heteroatoms. The van der Waals surface area contributed by atoms with Crippen molar-refractivity contribution in [1.82, 2.24) is 0 Å². The summed E-state index contributed by atoms with van der Waals surface area (Å²) >= 11 is 0. The first-order chi connectivity index (χ1) is 6.49. The number of nitrogens with one attached hydrogen (secondary N) is 1. The Bertz CT molecular complexity index is 306. The Morgan fingerprint density at radius 3 is 2.43 bits per heavy atom. The first kappa shape index (κ1) is 10.6. The number of carbonyl (C=O) groups excluding carboxylic acids is 1. The van der Waals surface area contributed by atoms with Crippen molar-refractivity contribution in [2.45, 2.75) is 25.8 Å². The Balaban J connectivity index is 2.63. The number of hydrogen-bond acceptors (Lipinski definition) is 2. The van der Waals surface area contributed by atoms with E-state index in [1.165, 1.54) is 0 Å². The number of hydrogen-bond donors (Lipinski definition) is 2. The second-order valence-electron chi connectivity index (χ2n) is 4.02. The number of primary amides is 1. The zero-order valence-corrected chi connectivity index (χ0v) is 8.58. The number of nitrogens with two attached hydrogens (primary N) is 1. The van der Waals surface area contributed by atoms with Gasteiger partial charge in [-0.15, -0.1) is 0 Å². The Labute approximate surface area is 84.3 Å². The van der Waals surface area contributed by atoms with Gasteiger partial charge in [-0.1, -0.05) is 18.2 Å². The summed E-state index contributed by atoms with van der Waals surface area (Å²) in [6.07, 6.45) is 0.321. The third kappa shape index (κ3) is 3.47. The summed E-state index contributed by atoms with van der Waals surface area (Å²) in [7, 11) is 0. The van der Waals surface area contributed by atoms with Gasteiger partial charge in [0, 0.05) is 17.6 Å². The van der Waals surface area contributed by atoms with Gasteiger partial charge in [-0.3, -0.25) is 4.79 Å². The van der Waals surface area contributed by atoms with Crippen molar-refractivity contribution < 1.29 is 4.79 Å². The van der Waals surface area contributed by atoms with E-state index in [0.29, 0.717) is 6.42 Å². The minimum absolute atomic E-state index is 0.293. The molecule has 0 bridgehead atoms. The molecule has 0 fully saturated rings. The molecule has 0 atom stereocenters. The molecule has 3 N–H and O–H groups in total. The predicted octanol–water partition coefficient (Wildman–Crippen LogP) is 1.75. The SMILES string of the molecule is CC(C)(CC(N)=O)Nc1ccccc1. The van der Waals surface area contributed by atoms with Crippen LogP contribution in [0.5, 0.6) is 0 Å². The Hall–Kier alpha value is -1.51. The number of rotatable bonds is 4. The van der Waals surface area contributed by atoms with Crippen molar-refractivity contribution in [2.75, 3.05) is 5.32 Å². The highest BCUT2D eigenvalue weighted by atomic mass is 16.1. The maximum atomic E-state index is 10.8. The quantitative estimate of drug-likeness (QED) is 0.763. The van der Waals surface area contributed by atoms with Crippen molar-refractivity contribution in [3.05, 3.63) is 30.3 Å². The summed E-state index contributed by atoms with van der Waals surface area (Å²) in [5, 5.41) is 3.25. The third-order valence-electron chi connectivity index (χ3n) is 1.87. The summed E-state index contributed by atoms with van der Waals surface area (Å²) < 4.78 is 0. The molecule has 1 amide bonds. The minimum atomic E-state index is -0.298. The van der Waals surface area contributed by atoms with Crippen LogP contribution in [0.3, 0.4) is 0 Å². The maximum absolute atomic E-state index is 10.8. The lowest BCUT2D eigenvalue weighted by Crippen LogP contribution is -2.35. The van der Waals surface area contributed by atoms with Gasteiger partial charge in [0.05, 0.1) is 0 Å². The minimum Gasteiger partial charge on any atom is -0.380 e. The van der Waals surface area contributed by atoms with Crippen molar-refractivity contribution in [2.24, 2.45) is 5.73 Å². The predicted molar refractivity (Wildman–Crippen MR) is 58.0 cm³/mol. The fourth-order valence-electron chi connectivity index (χ4n) is 1.39. The second kappa shape index (κ2) is 4.13. The van der Waals surface area contributed by atoms with Crippen LogP contribution in [0.25, 0.3) is 0 Å². The number of para-hydroxylation sites is 1. The third-order valence-corrected chi connectivity index (χ3v) is 1.87. The number of amides is 1. The monoisotopic (exact) mass is 192 g/mol. The van der Waals surface area contributed by atoms with Crippen LogP contribution in [0.15, 0.2) is 30.3 Å². The molecule has 0 heterocycles. The number of anilines is 1. The molecule has 0 saturated heterocycles. The number of carbonyl (C=O) groups is 1. The molecule has 0 aliphatic carbocycles.